The van der Waals surface area contributed by atoms with E-state index in [2.05, 4.69) is 0 Å². The number of likely N-dealkylation sites (N-methyl/N-ethyl adjacent to an activating group) is 1. The van der Waals surface area contributed by atoms with Crippen LogP contribution in [0.5, 0.6) is 0 Å². The van der Waals surface area contributed by atoms with Crippen LogP contribution in [0.4, 0.5) is 5.69 Å². The summed E-state index contributed by atoms with van der Waals surface area (Å²) in [4.78, 5) is 31.9. The van der Waals surface area contributed by atoms with E-state index in [-0.39, 0.29) is 17.9 Å². The van der Waals surface area contributed by atoms with Crippen molar-refractivity contribution in [3.8, 4) is 0 Å². The van der Waals surface area contributed by atoms with Gasteiger partial charge in [0.25, 0.3) is 5.91 Å². The highest BCUT2D eigenvalue weighted by Crippen LogP contribution is 2.46. The van der Waals surface area contributed by atoms with E-state index >= 15 is 0 Å². The molecule has 0 saturated carbocycles. The Hall–Kier alpha value is -2.66. The van der Waals surface area contributed by atoms with Gasteiger partial charge in [0, 0.05) is 7.05 Å². The van der Waals surface area contributed by atoms with Crippen LogP contribution in [-0.2, 0) is 14.4 Å². The Kier molecular flexibility index (Phi) is 3.16. The van der Waals surface area contributed by atoms with Crippen molar-refractivity contribution in [1.29, 1.82) is 0 Å². The molecule has 2 amide bonds. The predicted molar refractivity (Wildman–Crippen MR) is 84.2 cm³/mol. The van der Waals surface area contributed by atoms with Gasteiger partial charge in [0.15, 0.2) is 6.10 Å². The predicted octanol–water partition coefficient (Wildman–Crippen LogP) is 2.16. The van der Waals surface area contributed by atoms with E-state index in [0.717, 1.165) is 11.3 Å². The van der Waals surface area contributed by atoms with Gasteiger partial charge in [0.05, 0.1) is 11.7 Å². The zero-order valence-electron chi connectivity index (χ0n) is 12.6. The average molecular weight is 308 g/mol. The van der Waals surface area contributed by atoms with Crippen LogP contribution >= 0.6 is 0 Å². The summed E-state index contributed by atoms with van der Waals surface area (Å²) in [5.41, 5.74) is 1.79. The molecule has 2 saturated heterocycles. The van der Waals surface area contributed by atoms with E-state index < -0.39 is 12.0 Å². The molecule has 0 N–H and O–H groups in total. The lowest BCUT2D eigenvalue weighted by Gasteiger charge is -2.28. The molecule has 2 aromatic rings. The lowest BCUT2D eigenvalue weighted by atomic mass is 9.90. The van der Waals surface area contributed by atoms with Crippen molar-refractivity contribution in [2.45, 2.75) is 12.1 Å². The smallest absolute Gasteiger partial charge is 0.261 e. The van der Waals surface area contributed by atoms with Crippen LogP contribution in [0.25, 0.3) is 0 Å². The number of hydroxylamine groups is 1. The van der Waals surface area contributed by atoms with E-state index in [4.69, 9.17) is 4.84 Å². The van der Waals surface area contributed by atoms with Crippen LogP contribution in [-0.4, -0.2) is 29.9 Å². The highest BCUT2D eigenvalue weighted by atomic mass is 16.7. The normalized spacial score (nSPS) is 26.7. The maximum atomic E-state index is 12.6. The van der Waals surface area contributed by atoms with Gasteiger partial charge in [0.2, 0.25) is 5.91 Å². The van der Waals surface area contributed by atoms with Gasteiger partial charge in [-0.3, -0.25) is 19.3 Å². The first-order valence-corrected chi connectivity index (χ1v) is 7.56. The summed E-state index contributed by atoms with van der Waals surface area (Å²) in [5.74, 6) is -0.984. The lowest BCUT2D eigenvalue weighted by Crippen LogP contribution is -2.34. The zero-order valence-corrected chi connectivity index (χ0v) is 12.6. The highest BCUT2D eigenvalue weighted by Gasteiger charge is 2.58. The molecule has 2 aliphatic rings. The maximum Gasteiger partial charge on any atom is 0.261 e. The van der Waals surface area contributed by atoms with Crippen LogP contribution in [0.1, 0.15) is 11.6 Å². The molecule has 2 heterocycles. The summed E-state index contributed by atoms with van der Waals surface area (Å²) in [7, 11) is 1.52. The number of benzene rings is 2. The molecule has 2 aromatic carbocycles. The SMILES string of the molecule is CN1C(=O)[C@@H]2[C@@H](ON(c3ccccc3)[C@H]2c2ccccc2)C1=O. The first-order chi connectivity index (χ1) is 11.2. The third kappa shape index (κ3) is 2.04. The third-order valence-electron chi connectivity index (χ3n) is 4.49. The Bertz CT molecular complexity index is 747. The summed E-state index contributed by atoms with van der Waals surface area (Å²) < 4.78 is 0. The summed E-state index contributed by atoms with van der Waals surface area (Å²) in [6.45, 7) is 0. The van der Waals surface area contributed by atoms with Gasteiger partial charge in [-0.15, -0.1) is 0 Å². The second-order valence-corrected chi connectivity index (χ2v) is 5.80. The molecule has 5 heteroatoms. The molecule has 3 atom stereocenters. The van der Waals surface area contributed by atoms with Gasteiger partial charge >= 0.3 is 0 Å². The Morgan fingerprint density at radius 3 is 2.13 bits per heavy atom. The average Bonchev–Trinajstić information content (AvgIpc) is 3.09. The molecule has 0 radical (unpaired) electrons. The van der Waals surface area contributed by atoms with Crippen LogP contribution in [0.3, 0.4) is 0 Å². The summed E-state index contributed by atoms with van der Waals surface area (Å²) >= 11 is 0. The Labute approximate surface area is 134 Å². The second-order valence-electron chi connectivity index (χ2n) is 5.80. The first kappa shape index (κ1) is 14.0. The molecule has 5 nitrogen and oxygen atoms in total. The number of imide groups is 1. The quantitative estimate of drug-likeness (QED) is 0.798. The molecule has 0 aromatic heterocycles. The number of carbonyl (C=O) groups excluding carboxylic acids is 2. The maximum absolute atomic E-state index is 12.6. The van der Waals surface area contributed by atoms with E-state index in [0.29, 0.717) is 0 Å². The largest absolute Gasteiger partial charge is 0.283 e. The molecule has 2 fully saturated rings. The van der Waals surface area contributed by atoms with Gasteiger partial charge in [0.1, 0.15) is 5.92 Å². The number of hydrogen-bond acceptors (Lipinski definition) is 4. The number of anilines is 1. The highest BCUT2D eigenvalue weighted by molar-refractivity contribution is 6.07. The Morgan fingerprint density at radius 2 is 1.48 bits per heavy atom. The molecule has 0 unspecified atom stereocenters. The van der Waals surface area contributed by atoms with Crippen molar-refractivity contribution in [2.24, 2.45) is 5.92 Å². The van der Waals surface area contributed by atoms with E-state index in [9.17, 15) is 9.59 Å². The third-order valence-corrected chi connectivity index (χ3v) is 4.49. The Morgan fingerprint density at radius 1 is 0.870 bits per heavy atom. The molecule has 0 bridgehead atoms. The van der Waals surface area contributed by atoms with Gasteiger partial charge < -0.3 is 0 Å². The second kappa shape index (κ2) is 5.21. The number of rotatable bonds is 2. The number of hydrogen-bond donors (Lipinski definition) is 0. The Balaban J connectivity index is 1.82. The number of fused-ring (bicyclic) bond motifs is 1. The topological polar surface area (TPSA) is 49.9 Å². The molecule has 2 aliphatic heterocycles. The van der Waals surface area contributed by atoms with E-state index in [1.165, 1.54) is 11.9 Å². The fourth-order valence-electron chi connectivity index (χ4n) is 3.34. The number of nitrogens with zero attached hydrogens (tertiary/aromatic N) is 2. The van der Waals surface area contributed by atoms with Crippen molar-refractivity contribution in [3.05, 3.63) is 66.2 Å². The standard InChI is InChI=1S/C18H16N2O3/c1-19-17(21)14-15(12-8-4-2-5-9-12)20(23-16(14)18(19)22)13-10-6-3-7-11-13/h2-11,14-16H,1H3/t14-,15-,16+/m0/s1. The van der Waals surface area contributed by atoms with Gasteiger partial charge in [-0.1, -0.05) is 48.5 Å². The fraction of sp³-hybridized carbons (Fsp3) is 0.222. The summed E-state index contributed by atoms with van der Waals surface area (Å²) in [6, 6.07) is 18.9. The van der Waals surface area contributed by atoms with Crippen molar-refractivity contribution >= 4 is 17.5 Å². The molecule has 0 spiro atoms. The van der Waals surface area contributed by atoms with Crippen LogP contribution in [0.15, 0.2) is 60.7 Å². The van der Waals surface area contributed by atoms with Gasteiger partial charge in [-0.25, -0.2) is 5.06 Å². The molecule has 4 rings (SSSR count). The monoisotopic (exact) mass is 308 g/mol. The number of carbonyl (C=O) groups is 2. The minimum absolute atomic E-state index is 0.188. The molecular formula is C18H16N2O3. The molecule has 23 heavy (non-hydrogen) atoms. The fourth-order valence-corrected chi connectivity index (χ4v) is 3.34. The van der Waals surface area contributed by atoms with Crippen molar-refractivity contribution in [3.63, 3.8) is 0 Å². The van der Waals surface area contributed by atoms with E-state index in [1.807, 2.05) is 60.7 Å². The van der Waals surface area contributed by atoms with Crippen molar-refractivity contribution in [1.82, 2.24) is 4.90 Å². The van der Waals surface area contributed by atoms with Gasteiger partial charge in [-0.2, -0.15) is 0 Å². The van der Waals surface area contributed by atoms with Gasteiger partial charge in [-0.05, 0) is 17.7 Å². The summed E-state index contributed by atoms with van der Waals surface area (Å²) in [6.07, 6.45) is -0.752. The zero-order chi connectivity index (χ0) is 16.0. The number of para-hydroxylation sites is 1. The first-order valence-electron chi connectivity index (χ1n) is 7.56. The van der Waals surface area contributed by atoms with E-state index in [1.54, 1.807) is 5.06 Å². The molecular weight excluding hydrogens is 292 g/mol. The molecule has 0 aliphatic carbocycles. The van der Waals surface area contributed by atoms with Crippen LogP contribution in [0.2, 0.25) is 0 Å². The van der Waals surface area contributed by atoms with Crippen molar-refractivity contribution in [2.75, 3.05) is 12.1 Å². The van der Waals surface area contributed by atoms with Crippen molar-refractivity contribution < 1.29 is 14.4 Å². The minimum atomic E-state index is -0.752. The molecule has 116 valence electrons. The summed E-state index contributed by atoms with van der Waals surface area (Å²) in [5, 5.41) is 1.70. The number of amides is 2. The van der Waals surface area contributed by atoms with Crippen LogP contribution < -0.4 is 5.06 Å². The lowest BCUT2D eigenvalue weighted by molar-refractivity contribution is -0.141. The number of likely N-dealkylation sites (tertiary alicyclic amines) is 1. The van der Waals surface area contributed by atoms with Crippen LogP contribution in [0, 0.1) is 5.92 Å². The minimum Gasteiger partial charge on any atom is -0.283 e.